The van der Waals surface area contributed by atoms with Crippen LogP contribution in [0.25, 0.3) is 0 Å². The van der Waals surface area contributed by atoms with Crippen LogP contribution in [-0.4, -0.2) is 23.3 Å². The van der Waals surface area contributed by atoms with Crippen molar-refractivity contribution in [2.45, 2.75) is 38.6 Å². The van der Waals surface area contributed by atoms with Crippen molar-refractivity contribution in [3.63, 3.8) is 0 Å². The molecule has 1 aromatic carbocycles. The van der Waals surface area contributed by atoms with Gasteiger partial charge in [0, 0.05) is 18.9 Å². The zero-order valence-corrected chi connectivity index (χ0v) is 12.0. The van der Waals surface area contributed by atoms with Gasteiger partial charge in [0.15, 0.2) is 5.82 Å². The molecule has 1 atom stereocenters. The molecule has 20 heavy (non-hydrogen) atoms. The summed E-state index contributed by atoms with van der Waals surface area (Å²) >= 11 is 0. The molecule has 1 heterocycles. The third-order valence-corrected chi connectivity index (χ3v) is 3.13. The van der Waals surface area contributed by atoms with Crippen molar-refractivity contribution >= 4 is 0 Å². The zero-order valence-electron chi connectivity index (χ0n) is 12.0. The molecule has 0 radical (unpaired) electrons. The van der Waals surface area contributed by atoms with Gasteiger partial charge in [-0.1, -0.05) is 30.6 Å². The van der Waals surface area contributed by atoms with Crippen LogP contribution >= 0.6 is 0 Å². The van der Waals surface area contributed by atoms with E-state index in [1.807, 2.05) is 24.3 Å². The van der Waals surface area contributed by atoms with Gasteiger partial charge in [0.2, 0.25) is 5.89 Å². The summed E-state index contributed by atoms with van der Waals surface area (Å²) < 4.78 is 10.4. The largest absolute Gasteiger partial charge is 0.497 e. The van der Waals surface area contributed by atoms with Crippen molar-refractivity contribution in [3.05, 3.63) is 41.5 Å². The molecule has 0 amide bonds. The molecule has 0 saturated carbocycles. The minimum absolute atomic E-state index is 0.0919. The number of rotatable bonds is 7. The second-order valence-electron chi connectivity index (χ2n) is 4.88. The number of hydrogen-bond donors (Lipinski definition) is 1. The number of nitrogens with zero attached hydrogens (tertiary/aromatic N) is 2. The molecule has 108 valence electrons. The van der Waals surface area contributed by atoms with E-state index in [1.165, 1.54) is 0 Å². The molecule has 0 fully saturated rings. The molecule has 0 aliphatic rings. The van der Waals surface area contributed by atoms with Crippen LogP contribution < -0.4 is 10.5 Å². The highest BCUT2D eigenvalue weighted by Gasteiger charge is 2.11. The molecular formula is C15H21N3O2. The lowest BCUT2D eigenvalue weighted by atomic mass is 10.1. The Kier molecular flexibility index (Phi) is 5.12. The van der Waals surface area contributed by atoms with Crippen LogP contribution in [-0.2, 0) is 12.8 Å². The van der Waals surface area contributed by atoms with Gasteiger partial charge in [0.25, 0.3) is 0 Å². The van der Waals surface area contributed by atoms with Gasteiger partial charge in [0.1, 0.15) is 5.75 Å². The number of methoxy groups -OCH3 is 1. The first-order valence-corrected chi connectivity index (χ1v) is 6.91. The fourth-order valence-electron chi connectivity index (χ4n) is 2.07. The summed E-state index contributed by atoms with van der Waals surface area (Å²) in [5.41, 5.74) is 7.09. The van der Waals surface area contributed by atoms with E-state index in [4.69, 9.17) is 15.0 Å². The van der Waals surface area contributed by atoms with E-state index in [1.54, 1.807) is 7.11 Å². The van der Waals surface area contributed by atoms with E-state index in [0.29, 0.717) is 24.6 Å². The molecule has 5 nitrogen and oxygen atoms in total. The molecule has 0 bridgehead atoms. The van der Waals surface area contributed by atoms with E-state index in [9.17, 15) is 0 Å². The van der Waals surface area contributed by atoms with Crippen LogP contribution in [0.2, 0.25) is 0 Å². The SMILES string of the molecule is CCCC(N)Cc1nc(Cc2ccc(OC)cc2)no1. The Balaban J connectivity index is 1.94. The molecule has 1 unspecified atom stereocenters. The summed E-state index contributed by atoms with van der Waals surface area (Å²) in [4.78, 5) is 4.38. The molecule has 0 aliphatic heterocycles. The quantitative estimate of drug-likeness (QED) is 0.839. The highest BCUT2D eigenvalue weighted by atomic mass is 16.5. The number of hydrogen-bond acceptors (Lipinski definition) is 5. The van der Waals surface area contributed by atoms with E-state index in [2.05, 4.69) is 17.1 Å². The smallest absolute Gasteiger partial charge is 0.228 e. The molecule has 5 heteroatoms. The summed E-state index contributed by atoms with van der Waals surface area (Å²) in [7, 11) is 1.65. The normalized spacial score (nSPS) is 12.3. The minimum atomic E-state index is 0.0919. The first kappa shape index (κ1) is 14.5. The number of ether oxygens (including phenoxy) is 1. The van der Waals surface area contributed by atoms with Crippen molar-refractivity contribution in [3.8, 4) is 5.75 Å². The van der Waals surface area contributed by atoms with Gasteiger partial charge < -0.3 is 15.0 Å². The summed E-state index contributed by atoms with van der Waals surface area (Å²) in [6, 6.07) is 7.94. The van der Waals surface area contributed by atoms with Crippen LogP contribution in [0.4, 0.5) is 0 Å². The zero-order chi connectivity index (χ0) is 14.4. The van der Waals surface area contributed by atoms with Gasteiger partial charge in [-0.25, -0.2) is 0 Å². The highest BCUT2D eigenvalue weighted by Crippen LogP contribution is 2.14. The number of nitrogens with two attached hydrogens (primary N) is 1. The van der Waals surface area contributed by atoms with E-state index in [0.717, 1.165) is 24.2 Å². The summed E-state index contributed by atoms with van der Waals surface area (Å²) in [5, 5.41) is 3.99. The van der Waals surface area contributed by atoms with Crippen molar-refractivity contribution < 1.29 is 9.26 Å². The fourth-order valence-corrected chi connectivity index (χ4v) is 2.07. The molecule has 0 spiro atoms. The Morgan fingerprint density at radius 1 is 1.30 bits per heavy atom. The van der Waals surface area contributed by atoms with Crippen LogP contribution in [0, 0.1) is 0 Å². The molecule has 2 aromatic rings. The predicted octanol–water partition coefficient (Wildman–Crippen LogP) is 2.34. The Morgan fingerprint density at radius 2 is 2.05 bits per heavy atom. The third-order valence-electron chi connectivity index (χ3n) is 3.13. The van der Waals surface area contributed by atoms with E-state index < -0.39 is 0 Å². The third kappa shape index (κ3) is 4.06. The lowest BCUT2D eigenvalue weighted by Crippen LogP contribution is -2.22. The van der Waals surface area contributed by atoms with Crippen LogP contribution in [0.1, 0.15) is 37.0 Å². The van der Waals surface area contributed by atoms with Crippen LogP contribution in [0.3, 0.4) is 0 Å². The standard InChI is InChI=1S/C15H21N3O2/c1-3-4-12(16)10-15-17-14(18-20-15)9-11-5-7-13(19-2)8-6-11/h5-8,12H,3-4,9-10,16H2,1-2H3. The van der Waals surface area contributed by atoms with Crippen molar-refractivity contribution in [2.75, 3.05) is 7.11 Å². The second kappa shape index (κ2) is 7.05. The summed E-state index contributed by atoms with van der Waals surface area (Å²) in [6.45, 7) is 2.11. The first-order valence-electron chi connectivity index (χ1n) is 6.91. The molecule has 2 rings (SSSR count). The van der Waals surface area contributed by atoms with Gasteiger partial charge in [0.05, 0.1) is 7.11 Å². The molecular weight excluding hydrogens is 254 g/mol. The first-order chi connectivity index (χ1) is 9.71. The highest BCUT2D eigenvalue weighted by molar-refractivity contribution is 5.28. The maximum Gasteiger partial charge on any atom is 0.228 e. The lowest BCUT2D eigenvalue weighted by Gasteiger charge is -2.05. The molecule has 0 aliphatic carbocycles. The van der Waals surface area contributed by atoms with Gasteiger partial charge in [-0.2, -0.15) is 4.98 Å². The average molecular weight is 275 g/mol. The predicted molar refractivity (Wildman–Crippen MR) is 76.7 cm³/mol. The molecule has 0 saturated heterocycles. The lowest BCUT2D eigenvalue weighted by molar-refractivity contribution is 0.361. The van der Waals surface area contributed by atoms with Crippen molar-refractivity contribution in [1.82, 2.24) is 10.1 Å². The molecule has 2 N–H and O–H groups in total. The average Bonchev–Trinajstić information content (AvgIpc) is 2.87. The number of benzene rings is 1. The number of aromatic nitrogens is 2. The van der Waals surface area contributed by atoms with Crippen LogP contribution in [0.15, 0.2) is 28.8 Å². The fraction of sp³-hybridized carbons (Fsp3) is 0.467. The van der Waals surface area contributed by atoms with E-state index >= 15 is 0 Å². The Hall–Kier alpha value is -1.88. The van der Waals surface area contributed by atoms with Gasteiger partial charge in [-0.3, -0.25) is 0 Å². The van der Waals surface area contributed by atoms with Gasteiger partial charge >= 0.3 is 0 Å². The van der Waals surface area contributed by atoms with Crippen LogP contribution in [0.5, 0.6) is 5.75 Å². The Labute approximate surface area is 119 Å². The molecule has 1 aromatic heterocycles. The monoisotopic (exact) mass is 275 g/mol. The Bertz CT molecular complexity index is 522. The van der Waals surface area contributed by atoms with Crippen molar-refractivity contribution in [1.29, 1.82) is 0 Å². The van der Waals surface area contributed by atoms with Gasteiger partial charge in [-0.05, 0) is 24.1 Å². The maximum atomic E-state index is 5.97. The Morgan fingerprint density at radius 3 is 2.70 bits per heavy atom. The van der Waals surface area contributed by atoms with E-state index in [-0.39, 0.29) is 6.04 Å². The van der Waals surface area contributed by atoms with Crippen molar-refractivity contribution in [2.24, 2.45) is 5.73 Å². The topological polar surface area (TPSA) is 74.2 Å². The van der Waals surface area contributed by atoms with Gasteiger partial charge in [-0.15, -0.1) is 0 Å². The summed E-state index contributed by atoms with van der Waals surface area (Å²) in [6.07, 6.45) is 3.32. The second-order valence-corrected chi connectivity index (χ2v) is 4.88. The minimum Gasteiger partial charge on any atom is -0.497 e. The summed E-state index contributed by atoms with van der Waals surface area (Å²) in [5.74, 6) is 2.15. The maximum absolute atomic E-state index is 5.97.